The molecule has 1 aromatic heterocycles. The van der Waals surface area contributed by atoms with E-state index in [1.54, 1.807) is 6.07 Å². The van der Waals surface area contributed by atoms with Crippen molar-refractivity contribution in [3.63, 3.8) is 0 Å². The minimum absolute atomic E-state index is 0.0996. The summed E-state index contributed by atoms with van der Waals surface area (Å²) in [6.45, 7) is 8.01. The number of hydrogen-bond acceptors (Lipinski definition) is 5. The minimum atomic E-state index is -0.456. The summed E-state index contributed by atoms with van der Waals surface area (Å²) in [6, 6.07) is 5.83. The third-order valence-electron chi connectivity index (χ3n) is 5.93. The molecule has 0 atom stereocenters. The summed E-state index contributed by atoms with van der Waals surface area (Å²) in [6.07, 6.45) is 3.29. The molecule has 0 spiro atoms. The largest absolute Gasteiger partial charge is 0.382 e. The number of aromatic nitrogens is 2. The van der Waals surface area contributed by atoms with Crippen LogP contribution in [-0.4, -0.2) is 40.6 Å². The summed E-state index contributed by atoms with van der Waals surface area (Å²) in [5, 5.41) is 11.5. The van der Waals surface area contributed by atoms with Gasteiger partial charge in [-0.3, -0.25) is 9.59 Å². The van der Waals surface area contributed by atoms with Gasteiger partial charge in [-0.05, 0) is 62.9 Å². The molecule has 2 heterocycles. The fourth-order valence-corrected chi connectivity index (χ4v) is 4.54. The molecular weight excluding hydrogens is 366 g/mol. The highest BCUT2D eigenvalue weighted by atomic mass is 16.1. The van der Waals surface area contributed by atoms with E-state index in [-0.39, 0.29) is 11.2 Å². The van der Waals surface area contributed by atoms with Crippen LogP contribution >= 0.6 is 0 Å². The van der Waals surface area contributed by atoms with E-state index in [0.29, 0.717) is 18.0 Å². The normalized spacial score (nSPS) is 19.1. The fraction of sp³-hybridized carbons (Fsp3) is 0.500. The predicted octanol–water partition coefficient (Wildman–Crippen LogP) is 2.60. The summed E-state index contributed by atoms with van der Waals surface area (Å²) >= 11 is 0. The molecule has 29 heavy (non-hydrogen) atoms. The maximum absolute atomic E-state index is 12.7. The van der Waals surface area contributed by atoms with Crippen molar-refractivity contribution in [3.05, 3.63) is 40.7 Å². The molecule has 0 bridgehead atoms. The van der Waals surface area contributed by atoms with Crippen molar-refractivity contribution >= 4 is 17.4 Å². The molecule has 1 aliphatic heterocycles. The molecule has 1 saturated heterocycles. The maximum Gasteiger partial charge on any atom is 0.250 e. The van der Waals surface area contributed by atoms with E-state index in [1.165, 1.54) is 0 Å². The van der Waals surface area contributed by atoms with Crippen molar-refractivity contribution in [2.24, 2.45) is 11.1 Å². The van der Waals surface area contributed by atoms with Gasteiger partial charge >= 0.3 is 0 Å². The molecule has 7 heteroatoms. The smallest absolute Gasteiger partial charge is 0.250 e. The van der Waals surface area contributed by atoms with Gasteiger partial charge in [0, 0.05) is 18.2 Å². The van der Waals surface area contributed by atoms with Crippen molar-refractivity contribution in [2.45, 2.75) is 52.5 Å². The fourth-order valence-electron chi connectivity index (χ4n) is 4.54. The molecule has 2 aliphatic rings. The lowest BCUT2D eigenvalue weighted by molar-refractivity contribution is 0.0909. The highest BCUT2D eigenvalue weighted by Gasteiger charge is 2.35. The van der Waals surface area contributed by atoms with Crippen LogP contribution in [-0.2, 0) is 6.42 Å². The van der Waals surface area contributed by atoms with E-state index in [4.69, 9.17) is 5.73 Å². The first kappa shape index (κ1) is 19.6. The molecule has 154 valence electrons. The van der Waals surface area contributed by atoms with E-state index >= 15 is 0 Å². The number of carbonyl (C=O) groups excluding carboxylic acids is 2. The van der Waals surface area contributed by atoms with Crippen molar-refractivity contribution in [2.75, 3.05) is 18.4 Å². The zero-order chi connectivity index (χ0) is 20.8. The van der Waals surface area contributed by atoms with E-state index in [2.05, 4.69) is 29.6 Å². The third-order valence-corrected chi connectivity index (χ3v) is 5.93. The first-order chi connectivity index (χ1) is 13.7. The minimum Gasteiger partial charge on any atom is -0.382 e. The lowest BCUT2D eigenvalue weighted by atomic mass is 9.75. The topological polar surface area (TPSA) is 102 Å². The Morgan fingerprint density at radius 1 is 1.28 bits per heavy atom. The molecule has 0 radical (unpaired) electrons. The SMILES string of the molecule is Cc1nn(-c2ccc(C(N)=O)c(NC3CCNCC3)c2)c2c1C(=O)CC(C)(C)C2. The number of ketones is 1. The van der Waals surface area contributed by atoms with Gasteiger partial charge in [0.25, 0.3) is 5.91 Å². The summed E-state index contributed by atoms with van der Waals surface area (Å²) in [4.78, 5) is 24.7. The number of nitrogens with one attached hydrogen (secondary N) is 2. The van der Waals surface area contributed by atoms with Crippen molar-refractivity contribution in [1.29, 1.82) is 0 Å². The number of hydrogen-bond donors (Lipinski definition) is 3. The monoisotopic (exact) mass is 395 g/mol. The molecule has 0 unspecified atom stereocenters. The number of rotatable bonds is 4. The van der Waals surface area contributed by atoms with Crippen molar-refractivity contribution in [3.8, 4) is 5.69 Å². The molecule has 0 saturated carbocycles. The van der Waals surface area contributed by atoms with Crippen molar-refractivity contribution < 1.29 is 9.59 Å². The van der Waals surface area contributed by atoms with Crippen LogP contribution in [0.3, 0.4) is 0 Å². The Labute approximate surface area is 171 Å². The number of Topliss-reactive ketones (excluding diaryl/α,β-unsaturated/α-hetero) is 1. The van der Waals surface area contributed by atoms with Gasteiger partial charge in [0.2, 0.25) is 0 Å². The van der Waals surface area contributed by atoms with Gasteiger partial charge in [0.1, 0.15) is 0 Å². The Morgan fingerprint density at radius 2 is 2.00 bits per heavy atom. The highest BCUT2D eigenvalue weighted by molar-refractivity contribution is 6.00. The van der Waals surface area contributed by atoms with Gasteiger partial charge in [-0.1, -0.05) is 13.8 Å². The Balaban J connectivity index is 1.76. The summed E-state index contributed by atoms with van der Waals surface area (Å²) in [5.41, 5.74) is 10.0. The zero-order valence-corrected chi connectivity index (χ0v) is 17.3. The van der Waals surface area contributed by atoms with Crippen LogP contribution in [0, 0.1) is 12.3 Å². The second-order valence-electron chi connectivity index (χ2n) is 9.02. The Bertz CT molecular complexity index is 970. The quantitative estimate of drug-likeness (QED) is 0.739. The highest BCUT2D eigenvalue weighted by Crippen LogP contribution is 2.37. The second-order valence-corrected chi connectivity index (χ2v) is 9.02. The summed E-state index contributed by atoms with van der Waals surface area (Å²) in [5.74, 6) is -0.301. The van der Waals surface area contributed by atoms with Crippen LogP contribution in [0.25, 0.3) is 5.69 Å². The predicted molar refractivity (Wildman–Crippen MR) is 113 cm³/mol. The number of anilines is 1. The lowest BCUT2D eigenvalue weighted by Gasteiger charge is -2.29. The van der Waals surface area contributed by atoms with Crippen LogP contribution < -0.4 is 16.4 Å². The molecule has 2 aromatic rings. The van der Waals surface area contributed by atoms with Crippen molar-refractivity contribution in [1.82, 2.24) is 15.1 Å². The first-order valence-corrected chi connectivity index (χ1v) is 10.3. The first-order valence-electron chi connectivity index (χ1n) is 10.3. The number of fused-ring (bicyclic) bond motifs is 1. The number of benzene rings is 1. The van der Waals surface area contributed by atoms with E-state index in [1.807, 2.05) is 23.7 Å². The van der Waals surface area contributed by atoms with Crippen LogP contribution in [0.2, 0.25) is 0 Å². The van der Waals surface area contributed by atoms with Gasteiger partial charge in [-0.2, -0.15) is 5.10 Å². The summed E-state index contributed by atoms with van der Waals surface area (Å²) in [7, 11) is 0. The van der Waals surface area contributed by atoms with E-state index in [9.17, 15) is 9.59 Å². The Morgan fingerprint density at radius 3 is 2.69 bits per heavy atom. The molecule has 1 aliphatic carbocycles. The van der Waals surface area contributed by atoms with E-state index in [0.717, 1.165) is 60.7 Å². The van der Waals surface area contributed by atoms with Gasteiger partial charge in [-0.25, -0.2) is 4.68 Å². The van der Waals surface area contributed by atoms with Crippen LogP contribution in [0.4, 0.5) is 5.69 Å². The second kappa shape index (κ2) is 7.30. The van der Waals surface area contributed by atoms with Gasteiger partial charge in [0.15, 0.2) is 5.78 Å². The maximum atomic E-state index is 12.7. The van der Waals surface area contributed by atoms with Crippen LogP contribution in [0.5, 0.6) is 0 Å². The molecule has 4 rings (SSSR count). The van der Waals surface area contributed by atoms with Crippen LogP contribution in [0.15, 0.2) is 18.2 Å². The number of aryl methyl sites for hydroxylation is 1. The average Bonchev–Trinajstić information content (AvgIpc) is 2.97. The van der Waals surface area contributed by atoms with Gasteiger partial charge in [-0.15, -0.1) is 0 Å². The number of nitrogens with two attached hydrogens (primary N) is 1. The molecule has 1 fully saturated rings. The Kier molecular flexibility index (Phi) is 4.94. The summed E-state index contributed by atoms with van der Waals surface area (Å²) < 4.78 is 1.86. The van der Waals surface area contributed by atoms with Gasteiger partial charge < -0.3 is 16.4 Å². The number of nitrogens with zero attached hydrogens (tertiary/aromatic N) is 2. The Hall–Kier alpha value is -2.67. The number of primary amides is 1. The lowest BCUT2D eigenvalue weighted by Crippen LogP contribution is -2.35. The standard InChI is InChI=1S/C22H29N5O2/c1-13-20-18(11-22(2,3)12-19(20)28)27(26-13)15-4-5-16(21(23)29)17(10-15)25-14-6-8-24-9-7-14/h4-5,10,14,24-25H,6-9,11-12H2,1-3H3,(H2,23,29). The number of piperidine rings is 1. The average molecular weight is 396 g/mol. The molecule has 1 aromatic carbocycles. The molecular formula is C22H29N5O2. The zero-order valence-electron chi connectivity index (χ0n) is 17.3. The van der Waals surface area contributed by atoms with E-state index < -0.39 is 5.91 Å². The molecule has 1 amide bonds. The van der Waals surface area contributed by atoms with Gasteiger partial charge in [0.05, 0.1) is 28.2 Å². The third kappa shape index (κ3) is 3.79. The molecule has 4 N–H and O–H groups in total. The number of carbonyl (C=O) groups is 2. The molecule has 7 nitrogen and oxygen atoms in total. The van der Waals surface area contributed by atoms with Crippen LogP contribution in [0.1, 0.15) is 65.2 Å². The number of amides is 1.